The zero-order chi connectivity index (χ0) is 75.4. The third-order valence-electron chi connectivity index (χ3n) is 18.1. The van der Waals surface area contributed by atoms with Crippen molar-refractivity contribution >= 4 is 92.5 Å². The molecule has 12 N–H and O–H groups in total. The SMILES string of the molecule is CC(C)[C@H](NC(=O)OC(C)(C)C)C(=O)N[C@H](C(=O)NCCCC[C@@H]1NC(=O)[C@@H](CC2=CCc3ccccc32)NC(=O)[C@H](Cc2ccc(O)cc2)CC(=O)[C@@H](NC(=O)[C@@H](Cc2ccccc2)NC(=O)OCC2c3ccccc3-c3ccccc32)CSSC[C@@H](C(=O)O)NC(=O)[C@H]([C@@H](C)O)NC1=O)C(C)C. The number of phenolic OH excluding ortho intramolecular Hbond substituents is 1. The number of hydrogen-bond acceptors (Lipinski definition) is 17. The summed E-state index contributed by atoms with van der Waals surface area (Å²) in [6.45, 7) is 13.1. The first-order valence-corrected chi connectivity index (χ1v) is 37.5. The zero-order valence-electron chi connectivity index (χ0n) is 59.7. The van der Waals surface area contributed by atoms with Gasteiger partial charge in [0.2, 0.25) is 41.4 Å². The molecule has 1 heterocycles. The number of aliphatic hydroxyl groups is 1. The predicted molar refractivity (Wildman–Crippen MR) is 395 cm³/mol. The molecule has 1 aliphatic heterocycles. The number of hydrogen-bond donors (Lipinski definition) is 12. The number of benzene rings is 5. The van der Waals surface area contributed by atoms with Gasteiger partial charge in [-0.05, 0) is 134 Å². The van der Waals surface area contributed by atoms with Crippen molar-refractivity contribution in [3.63, 3.8) is 0 Å². The molecule has 556 valence electrons. The van der Waals surface area contributed by atoms with Crippen LogP contribution in [0.25, 0.3) is 16.7 Å². The Morgan fingerprint density at radius 3 is 1.84 bits per heavy atom. The molecule has 0 saturated carbocycles. The molecule has 5 aromatic rings. The summed E-state index contributed by atoms with van der Waals surface area (Å²) in [5, 5.41) is 56.3. The van der Waals surface area contributed by atoms with E-state index in [0.29, 0.717) is 23.1 Å². The molecule has 1 fully saturated rings. The number of Topliss-reactive ketones (excluding diaryl/α,β-unsaturated/α-hetero) is 1. The van der Waals surface area contributed by atoms with Crippen molar-refractivity contribution < 1.29 is 77.5 Å². The Morgan fingerprint density at radius 2 is 1.20 bits per heavy atom. The Hall–Kier alpha value is -9.73. The number of carboxylic acids is 1. The molecule has 2 aliphatic carbocycles. The lowest BCUT2D eigenvalue weighted by molar-refractivity contribution is -0.142. The second-order valence-electron chi connectivity index (χ2n) is 28.0. The van der Waals surface area contributed by atoms with Gasteiger partial charge in [-0.2, -0.15) is 0 Å². The number of phenols is 1. The third-order valence-corrected chi connectivity index (χ3v) is 20.5. The summed E-state index contributed by atoms with van der Waals surface area (Å²) < 4.78 is 11.3. The summed E-state index contributed by atoms with van der Waals surface area (Å²) in [5.74, 6) is -11.0. The van der Waals surface area contributed by atoms with Crippen LogP contribution in [0.2, 0.25) is 0 Å². The number of aliphatic hydroxyl groups excluding tert-OH is 1. The van der Waals surface area contributed by atoms with Crippen LogP contribution < -0.4 is 47.9 Å². The van der Waals surface area contributed by atoms with E-state index in [-0.39, 0.29) is 74.8 Å². The lowest BCUT2D eigenvalue weighted by Gasteiger charge is -2.29. The van der Waals surface area contributed by atoms with Crippen molar-refractivity contribution in [2.75, 3.05) is 24.7 Å². The average molecular weight is 1470 g/mol. The molecule has 0 bridgehead atoms. The van der Waals surface area contributed by atoms with E-state index >= 15 is 14.4 Å². The molecule has 104 heavy (non-hydrogen) atoms. The van der Waals surface area contributed by atoms with Gasteiger partial charge in [0, 0.05) is 49.1 Å². The van der Waals surface area contributed by atoms with Crippen molar-refractivity contribution in [2.45, 2.75) is 173 Å². The summed E-state index contributed by atoms with van der Waals surface area (Å²) in [6.07, 6.45) is -1.79. The lowest BCUT2D eigenvalue weighted by atomic mass is 9.90. The maximum atomic E-state index is 15.4. The Bertz CT molecular complexity index is 3880. The van der Waals surface area contributed by atoms with Crippen molar-refractivity contribution in [3.05, 3.63) is 167 Å². The smallest absolute Gasteiger partial charge is 0.408 e. The topological polar surface area (TPSA) is 375 Å². The van der Waals surface area contributed by atoms with Gasteiger partial charge in [-0.25, -0.2) is 14.4 Å². The van der Waals surface area contributed by atoms with E-state index in [1.165, 1.54) is 19.1 Å². The van der Waals surface area contributed by atoms with Crippen LogP contribution >= 0.6 is 21.6 Å². The van der Waals surface area contributed by atoms with Gasteiger partial charge >= 0.3 is 18.2 Å². The number of unbranched alkanes of at least 4 members (excludes halogenated alkanes) is 1. The maximum Gasteiger partial charge on any atom is 0.408 e. The van der Waals surface area contributed by atoms with Crippen molar-refractivity contribution in [3.8, 4) is 16.9 Å². The number of fused-ring (bicyclic) bond motifs is 4. The average Bonchev–Trinajstić information content (AvgIpc) is 1.62. The van der Waals surface area contributed by atoms with Crippen LogP contribution in [-0.2, 0) is 71.9 Å². The zero-order valence-corrected chi connectivity index (χ0v) is 61.3. The number of alkyl carbamates (subject to hydrolysis) is 2. The molecule has 0 aromatic heterocycles. The fraction of sp³-hybridized carbons (Fsp3) is 0.442. The molecule has 8 rings (SSSR count). The predicted octanol–water partition coefficient (Wildman–Crippen LogP) is 6.95. The van der Waals surface area contributed by atoms with Crippen LogP contribution in [0.5, 0.6) is 5.75 Å². The highest BCUT2D eigenvalue weighted by molar-refractivity contribution is 8.76. The van der Waals surface area contributed by atoms with E-state index in [2.05, 4.69) is 47.9 Å². The molecule has 0 spiro atoms. The molecule has 0 unspecified atom stereocenters. The molecule has 0 radical (unpaired) electrons. The minimum atomic E-state index is -1.80. The Kier molecular flexibility index (Phi) is 28.9. The number of allylic oxidation sites excluding steroid dienone is 1. The van der Waals surface area contributed by atoms with E-state index in [1.807, 2.05) is 78.9 Å². The second kappa shape index (κ2) is 37.6. The fourth-order valence-electron chi connectivity index (χ4n) is 12.6. The van der Waals surface area contributed by atoms with Crippen LogP contribution in [0.15, 0.2) is 133 Å². The quantitative estimate of drug-likeness (QED) is 0.0219. The molecule has 27 heteroatoms. The van der Waals surface area contributed by atoms with E-state index in [4.69, 9.17) is 9.47 Å². The summed E-state index contributed by atoms with van der Waals surface area (Å²) in [4.78, 5) is 157. The molecular formula is C77H95N9O16S2. The highest BCUT2D eigenvalue weighted by Crippen LogP contribution is 2.44. The van der Waals surface area contributed by atoms with Crippen LogP contribution in [0, 0.1) is 17.8 Å². The molecular weight excluding hydrogens is 1370 g/mol. The van der Waals surface area contributed by atoms with Crippen LogP contribution in [0.4, 0.5) is 9.59 Å². The van der Waals surface area contributed by atoms with Gasteiger partial charge in [-0.3, -0.25) is 38.4 Å². The highest BCUT2D eigenvalue weighted by atomic mass is 33.1. The summed E-state index contributed by atoms with van der Waals surface area (Å²) in [7, 11) is 1.88. The van der Waals surface area contributed by atoms with E-state index in [9.17, 15) is 53.7 Å². The Labute approximate surface area is 613 Å². The first-order chi connectivity index (χ1) is 49.5. The summed E-state index contributed by atoms with van der Waals surface area (Å²) >= 11 is 0. The minimum Gasteiger partial charge on any atom is -0.508 e. The number of ether oxygens (including phenoxy) is 2. The third kappa shape index (κ3) is 22.9. The lowest BCUT2D eigenvalue weighted by Crippen LogP contribution is -2.60. The monoisotopic (exact) mass is 1470 g/mol. The van der Waals surface area contributed by atoms with Gasteiger partial charge in [0.1, 0.15) is 60.3 Å². The van der Waals surface area contributed by atoms with E-state index in [1.54, 1.807) is 90.9 Å². The molecule has 9 amide bonds. The summed E-state index contributed by atoms with van der Waals surface area (Å²) in [5.41, 5.74) is 6.63. The van der Waals surface area contributed by atoms with Gasteiger partial charge < -0.3 is 72.6 Å². The number of carbonyl (C=O) groups excluding carboxylic acids is 10. The summed E-state index contributed by atoms with van der Waals surface area (Å²) in [6, 6.07) is 26.4. The van der Waals surface area contributed by atoms with Crippen LogP contribution in [-0.4, -0.2) is 165 Å². The first-order valence-electron chi connectivity index (χ1n) is 35.0. The van der Waals surface area contributed by atoms with Crippen molar-refractivity contribution in [2.24, 2.45) is 17.8 Å². The molecule has 25 nitrogen and oxygen atoms in total. The first kappa shape index (κ1) is 80.0. The van der Waals surface area contributed by atoms with E-state index in [0.717, 1.165) is 55.0 Å². The van der Waals surface area contributed by atoms with Crippen molar-refractivity contribution in [1.82, 2.24) is 47.9 Å². The number of amides is 9. The largest absolute Gasteiger partial charge is 0.508 e. The molecule has 3 aliphatic rings. The normalized spacial score (nSPS) is 20.2. The van der Waals surface area contributed by atoms with Gasteiger partial charge in [0.15, 0.2) is 5.78 Å². The van der Waals surface area contributed by atoms with Gasteiger partial charge in [-0.1, -0.05) is 171 Å². The number of aliphatic carboxylic acids is 1. The molecule has 5 aromatic carbocycles. The van der Waals surface area contributed by atoms with Gasteiger partial charge in [0.05, 0.1) is 12.1 Å². The van der Waals surface area contributed by atoms with Crippen LogP contribution in [0.3, 0.4) is 0 Å². The molecule has 1 saturated heterocycles. The number of aromatic hydroxyl groups is 1. The number of rotatable bonds is 24. The van der Waals surface area contributed by atoms with Gasteiger partial charge in [-0.15, -0.1) is 0 Å². The minimum absolute atomic E-state index is 0.0000653. The maximum absolute atomic E-state index is 15.4. The van der Waals surface area contributed by atoms with Crippen LogP contribution in [0.1, 0.15) is 127 Å². The highest BCUT2D eigenvalue weighted by Gasteiger charge is 2.39. The molecule has 10 atom stereocenters. The number of carbonyl (C=O) groups is 11. The Balaban J connectivity index is 1.07. The fourth-order valence-corrected chi connectivity index (χ4v) is 14.9. The van der Waals surface area contributed by atoms with E-state index < -0.39 is 150 Å². The van der Waals surface area contributed by atoms with Gasteiger partial charge in [0.25, 0.3) is 0 Å². The Morgan fingerprint density at radius 1 is 0.606 bits per heavy atom. The number of nitrogens with one attached hydrogen (secondary N) is 9. The number of carboxylic acid groups (broad SMARTS) is 1. The standard InChI is InChI=1S/C77H95N9O16S2/c1-43(2)64(84-72(95)65(44(3)4)86-76(100)102-77(6,7)8)71(94)78-35-19-18-28-58-68(91)85-66(45(5)87)73(96)82-62(74(97)98)42-104-103-41-61(63(89)39-50(36-47-29-33-51(88)34-30-47)67(90)80-60(70(93)79-58)38-49-32-31-48-22-12-13-23-52(48)49)81-69(92)59(37-46-20-10-9-11-21-46)83-75(99)101-40-57-55-26-16-14-24-53(55)54-25-15-17-27-56(54)57/h9-17,20-27,29-30,32-34,43-45,50,57-62,64-66,87-88H,18-19,28,31,35-42H2,1-8H3,(H,78,94)(H,79,93)(H,80,90)(H,81,92)(H,82,96)(H,83,99)(H,84,95)(H,85,91)(H,86,100)(H,97,98)/t45-,50-,58+,59-,60-,61+,62+,64+,65+,66+/m1/s1. The second-order valence-corrected chi connectivity index (χ2v) is 30.6. The van der Waals surface area contributed by atoms with Crippen molar-refractivity contribution in [1.29, 1.82) is 0 Å². The number of ketones is 1.